The normalized spacial score (nSPS) is 15.1. The minimum Gasteiger partial charge on any atom is -0.336 e. The van der Waals surface area contributed by atoms with Crippen LogP contribution in [0.2, 0.25) is 0 Å². The molecular weight excluding hydrogens is 440 g/mol. The van der Waals surface area contributed by atoms with Crippen molar-refractivity contribution in [2.24, 2.45) is 0 Å². The Morgan fingerprint density at radius 3 is 2.24 bits per heavy atom. The summed E-state index contributed by atoms with van der Waals surface area (Å²) >= 11 is 0. The van der Waals surface area contributed by atoms with E-state index in [9.17, 15) is 13.2 Å². The number of aromatic nitrogens is 2. The summed E-state index contributed by atoms with van der Waals surface area (Å²) in [6.07, 6.45) is 0. The smallest absolute Gasteiger partial charge is 0.259 e. The molecule has 33 heavy (non-hydrogen) atoms. The van der Waals surface area contributed by atoms with E-state index in [1.807, 2.05) is 30.3 Å². The summed E-state index contributed by atoms with van der Waals surface area (Å²) in [5.41, 5.74) is 2.80. The lowest BCUT2D eigenvalue weighted by atomic mass is 10.0. The Kier molecular flexibility index (Phi) is 5.43. The zero-order valence-electron chi connectivity index (χ0n) is 18.0. The van der Waals surface area contributed by atoms with Crippen LogP contribution in [0.4, 0.5) is 0 Å². The zero-order chi connectivity index (χ0) is 23.0. The number of pyridine rings is 1. The molecule has 0 atom stereocenters. The Morgan fingerprint density at radius 1 is 0.939 bits per heavy atom. The van der Waals surface area contributed by atoms with Crippen LogP contribution >= 0.6 is 0 Å². The molecule has 4 aromatic rings. The summed E-state index contributed by atoms with van der Waals surface area (Å²) in [5, 5.41) is 4.74. The van der Waals surface area contributed by atoms with Crippen molar-refractivity contribution in [3.63, 3.8) is 0 Å². The highest BCUT2D eigenvalue weighted by Gasteiger charge is 2.32. The molecule has 8 nitrogen and oxygen atoms in total. The summed E-state index contributed by atoms with van der Waals surface area (Å²) in [4.78, 5) is 19.9. The molecule has 0 saturated carbocycles. The second kappa shape index (κ2) is 8.42. The molecule has 1 aliphatic heterocycles. The molecule has 1 aliphatic rings. The minimum atomic E-state index is -3.59. The van der Waals surface area contributed by atoms with Crippen LogP contribution in [0.5, 0.6) is 0 Å². The number of aryl methyl sites for hydroxylation is 1. The molecule has 168 valence electrons. The Balaban J connectivity index is 1.43. The van der Waals surface area contributed by atoms with Gasteiger partial charge in [-0.1, -0.05) is 53.7 Å². The van der Waals surface area contributed by atoms with Crippen molar-refractivity contribution in [1.82, 2.24) is 19.3 Å². The standard InChI is InChI=1S/C24H22N4O4S/c1-17-16-20(21-22(26-32-23(21)25-17)18-8-4-2-5-9-18)24(29)27-12-14-28(15-13-27)33(30,31)19-10-6-3-7-11-19/h2-11,16H,12-15H2,1H3. The fraction of sp³-hybridized carbons (Fsp3) is 0.208. The van der Waals surface area contributed by atoms with Crippen LogP contribution < -0.4 is 0 Å². The summed E-state index contributed by atoms with van der Waals surface area (Å²) in [6.45, 7) is 2.83. The monoisotopic (exact) mass is 462 g/mol. The average Bonchev–Trinajstić information content (AvgIpc) is 3.28. The van der Waals surface area contributed by atoms with E-state index in [0.717, 1.165) is 5.56 Å². The molecule has 2 aromatic carbocycles. The number of benzene rings is 2. The Bertz CT molecular complexity index is 1410. The molecule has 1 amide bonds. The van der Waals surface area contributed by atoms with Crippen LogP contribution in [0, 0.1) is 6.92 Å². The molecule has 2 aromatic heterocycles. The maximum Gasteiger partial charge on any atom is 0.259 e. The van der Waals surface area contributed by atoms with Crippen LogP contribution in [-0.2, 0) is 10.0 Å². The van der Waals surface area contributed by atoms with Gasteiger partial charge in [0.05, 0.1) is 15.8 Å². The summed E-state index contributed by atoms with van der Waals surface area (Å²) < 4.78 is 32.7. The topological polar surface area (TPSA) is 96.6 Å². The molecule has 0 aliphatic carbocycles. The maximum absolute atomic E-state index is 13.5. The SMILES string of the molecule is Cc1cc(C(=O)N2CCN(S(=O)(=O)c3ccccc3)CC2)c2c(-c3ccccc3)noc2n1. The van der Waals surface area contributed by atoms with Gasteiger partial charge in [0, 0.05) is 37.4 Å². The van der Waals surface area contributed by atoms with Gasteiger partial charge in [0.1, 0.15) is 5.69 Å². The Labute approximate surface area is 191 Å². The molecule has 0 spiro atoms. The fourth-order valence-corrected chi connectivity index (χ4v) is 5.52. The van der Waals surface area contributed by atoms with Crippen LogP contribution in [0.1, 0.15) is 16.1 Å². The second-order valence-corrected chi connectivity index (χ2v) is 9.84. The van der Waals surface area contributed by atoms with Gasteiger partial charge in [0.2, 0.25) is 10.0 Å². The highest BCUT2D eigenvalue weighted by molar-refractivity contribution is 7.89. The van der Waals surface area contributed by atoms with Crippen molar-refractivity contribution < 1.29 is 17.7 Å². The van der Waals surface area contributed by atoms with E-state index in [-0.39, 0.29) is 23.9 Å². The predicted molar refractivity (Wildman–Crippen MR) is 123 cm³/mol. The van der Waals surface area contributed by atoms with Crippen molar-refractivity contribution in [1.29, 1.82) is 0 Å². The molecule has 3 heterocycles. The van der Waals surface area contributed by atoms with E-state index >= 15 is 0 Å². The highest BCUT2D eigenvalue weighted by Crippen LogP contribution is 2.31. The molecule has 0 N–H and O–H groups in total. The summed E-state index contributed by atoms with van der Waals surface area (Å²) in [7, 11) is -3.59. The third-order valence-electron chi connectivity index (χ3n) is 5.76. The van der Waals surface area contributed by atoms with Crippen molar-refractivity contribution in [3.05, 3.63) is 78.0 Å². The number of carbonyl (C=O) groups excluding carboxylic acids is 1. The Morgan fingerprint density at radius 2 is 1.58 bits per heavy atom. The molecule has 1 fully saturated rings. The van der Waals surface area contributed by atoms with E-state index in [2.05, 4.69) is 10.1 Å². The van der Waals surface area contributed by atoms with Crippen molar-refractivity contribution in [3.8, 4) is 11.3 Å². The first kappa shape index (κ1) is 21.3. The third-order valence-corrected chi connectivity index (χ3v) is 7.67. The number of piperazine rings is 1. The molecule has 0 unspecified atom stereocenters. The van der Waals surface area contributed by atoms with E-state index in [1.165, 1.54) is 4.31 Å². The van der Waals surface area contributed by atoms with Crippen molar-refractivity contribution in [2.75, 3.05) is 26.2 Å². The average molecular weight is 463 g/mol. The van der Waals surface area contributed by atoms with Gasteiger partial charge in [0.15, 0.2) is 0 Å². The van der Waals surface area contributed by atoms with E-state index in [0.29, 0.717) is 41.1 Å². The second-order valence-electron chi connectivity index (χ2n) is 7.90. The number of amides is 1. The van der Waals surface area contributed by atoms with E-state index in [1.54, 1.807) is 48.2 Å². The molecule has 0 radical (unpaired) electrons. The number of nitrogens with zero attached hydrogens (tertiary/aromatic N) is 4. The summed E-state index contributed by atoms with van der Waals surface area (Å²) in [6, 6.07) is 19.6. The first-order valence-electron chi connectivity index (χ1n) is 10.6. The number of hydrogen-bond acceptors (Lipinski definition) is 6. The first-order valence-corrected chi connectivity index (χ1v) is 12.1. The third kappa shape index (κ3) is 3.90. The van der Waals surface area contributed by atoms with Gasteiger partial charge < -0.3 is 9.42 Å². The number of sulfonamides is 1. The van der Waals surface area contributed by atoms with Crippen molar-refractivity contribution in [2.45, 2.75) is 11.8 Å². The number of carbonyl (C=O) groups is 1. The van der Waals surface area contributed by atoms with Crippen LogP contribution in [-0.4, -0.2) is 59.8 Å². The lowest BCUT2D eigenvalue weighted by molar-refractivity contribution is 0.0699. The van der Waals surface area contributed by atoms with Crippen LogP contribution in [0.3, 0.4) is 0 Å². The van der Waals surface area contributed by atoms with Gasteiger partial charge in [-0.05, 0) is 25.1 Å². The zero-order valence-corrected chi connectivity index (χ0v) is 18.8. The van der Waals surface area contributed by atoms with Gasteiger partial charge in [0.25, 0.3) is 11.6 Å². The quantitative estimate of drug-likeness (QED) is 0.462. The fourth-order valence-electron chi connectivity index (χ4n) is 4.08. The lowest BCUT2D eigenvalue weighted by Gasteiger charge is -2.34. The van der Waals surface area contributed by atoms with Gasteiger partial charge in [-0.2, -0.15) is 4.31 Å². The number of rotatable bonds is 4. The van der Waals surface area contributed by atoms with Gasteiger partial charge in [-0.15, -0.1) is 0 Å². The Hall–Kier alpha value is -3.56. The molecule has 0 bridgehead atoms. The van der Waals surface area contributed by atoms with Crippen LogP contribution in [0.15, 0.2) is 76.1 Å². The largest absolute Gasteiger partial charge is 0.336 e. The number of hydrogen-bond donors (Lipinski definition) is 0. The molecule has 1 saturated heterocycles. The highest BCUT2D eigenvalue weighted by atomic mass is 32.2. The first-order chi connectivity index (χ1) is 15.9. The number of fused-ring (bicyclic) bond motifs is 1. The minimum absolute atomic E-state index is 0.192. The predicted octanol–water partition coefficient (Wildman–Crippen LogP) is 3.34. The maximum atomic E-state index is 13.5. The van der Waals surface area contributed by atoms with Gasteiger partial charge in [-0.3, -0.25) is 4.79 Å². The van der Waals surface area contributed by atoms with Crippen molar-refractivity contribution >= 4 is 27.0 Å². The van der Waals surface area contributed by atoms with E-state index < -0.39 is 10.0 Å². The molecule has 5 rings (SSSR count). The van der Waals surface area contributed by atoms with E-state index in [4.69, 9.17) is 4.52 Å². The van der Waals surface area contributed by atoms with Crippen LogP contribution in [0.25, 0.3) is 22.4 Å². The molecular formula is C24H22N4O4S. The van der Waals surface area contributed by atoms with Gasteiger partial charge >= 0.3 is 0 Å². The lowest BCUT2D eigenvalue weighted by Crippen LogP contribution is -2.50. The molecule has 9 heteroatoms. The van der Waals surface area contributed by atoms with Gasteiger partial charge in [-0.25, -0.2) is 13.4 Å². The summed E-state index contributed by atoms with van der Waals surface area (Å²) in [5.74, 6) is -0.192.